The molecule has 2 aliphatic rings. The van der Waals surface area contributed by atoms with Gasteiger partial charge in [-0.3, -0.25) is 9.69 Å². The molecule has 0 aromatic heterocycles. The van der Waals surface area contributed by atoms with Gasteiger partial charge in [-0.15, -0.1) is 0 Å². The van der Waals surface area contributed by atoms with Gasteiger partial charge in [-0.25, -0.2) is 8.42 Å². The van der Waals surface area contributed by atoms with E-state index in [4.69, 9.17) is 4.74 Å². The van der Waals surface area contributed by atoms with Crippen LogP contribution in [0.2, 0.25) is 0 Å². The summed E-state index contributed by atoms with van der Waals surface area (Å²) >= 11 is 0. The average Bonchev–Trinajstić information content (AvgIpc) is 2.74. The minimum absolute atomic E-state index is 0.0549. The highest BCUT2D eigenvalue weighted by atomic mass is 32.2. The lowest BCUT2D eigenvalue weighted by Crippen LogP contribution is -2.48. The Morgan fingerprint density at radius 1 is 1.32 bits per heavy atom. The number of amides is 1. The van der Waals surface area contributed by atoms with Crippen LogP contribution in [0.15, 0.2) is 47.1 Å². The molecule has 2 aliphatic heterocycles. The van der Waals surface area contributed by atoms with Gasteiger partial charge in [0, 0.05) is 0 Å². The molecule has 0 bridgehead atoms. The molecule has 0 saturated carbocycles. The fourth-order valence-electron chi connectivity index (χ4n) is 2.14. The van der Waals surface area contributed by atoms with Crippen LogP contribution in [0, 0.1) is 0 Å². The standard InChI is InChI=1S/C13H13NO4S/c15-12-8-13-14(12)9-10(18-13)6-7-19(16,17)11-4-2-1-3-5-11/h1-6,13H,7-9H2/b10-6-/t13-/m1/s1. The summed E-state index contributed by atoms with van der Waals surface area (Å²) < 4.78 is 29.6. The molecule has 3 rings (SSSR count). The Morgan fingerprint density at radius 3 is 2.68 bits per heavy atom. The van der Waals surface area contributed by atoms with E-state index in [1.165, 1.54) is 0 Å². The zero-order chi connectivity index (χ0) is 13.5. The number of β-lactam (4-membered cyclic amide) rings is 1. The molecule has 6 heteroatoms. The van der Waals surface area contributed by atoms with Gasteiger partial charge in [0.25, 0.3) is 0 Å². The molecule has 5 nitrogen and oxygen atoms in total. The zero-order valence-electron chi connectivity index (χ0n) is 10.2. The van der Waals surface area contributed by atoms with E-state index in [-0.39, 0.29) is 17.9 Å². The van der Waals surface area contributed by atoms with Gasteiger partial charge in [0.2, 0.25) is 5.91 Å². The van der Waals surface area contributed by atoms with Crippen LogP contribution in [0.25, 0.3) is 0 Å². The maximum Gasteiger partial charge on any atom is 0.231 e. The van der Waals surface area contributed by atoms with E-state index < -0.39 is 9.84 Å². The van der Waals surface area contributed by atoms with Crippen molar-refractivity contribution in [3.05, 3.63) is 42.2 Å². The first-order valence-corrected chi connectivity index (χ1v) is 7.64. The van der Waals surface area contributed by atoms with E-state index in [1.54, 1.807) is 41.3 Å². The van der Waals surface area contributed by atoms with Crippen molar-refractivity contribution < 1.29 is 17.9 Å². The number of fused-ring (bicyclic) bond motifs is 1. The number of hydrogen-bond donors (Lipinski definition) is 0. The molecule has 0 spiro atoms. The molecule has 1 aromatic carbocycles. The van der Waals surface area contributed by atoms with E-state index in [9.17, 15) is 13.2 Å². The highest BCUT2D eigenvalue weighted by Gasteiger charge is 2.43. The van der Waals surface area contributed by atoms with Crippen LogP contribution in [0.5, 0.6) is 0 Å². The van der Waals surface area contributed by atoms with E-state index in [0.29, 0.717) is 23.6 Å². The van der Waals surface area contributed by atoms with Crippen LogP contribution in [-0.2, 0) is 19.4 Å². The Kier molecular flexibility index (Phi) is 2.82. The third kappa shape index (κ3) is 2.23. The van der Waals surface area contributed by atoms with Crippen molar-refractivity contribution in [1.29, 1.82) is 0 Å². The summed E-state index contributed by atoms with van der Waals surface area (Å²) in [6.45, 7) is 0.383. The van der Waals surface area contributed by atoms with E-state index >= 15 is 0 Å². The minimum Gasteiger partial charge on any atom is -0.473 e. The Balaban J connectivity index is 1.71. The van der Waals surface area contributed by atoms with Crippen molar-refractivity contribution in [2.24, 2.45) is 0 Å². The minimum atomic E-state index is -3.34. The average molecular weight is 279 g/mol. The number of ether oxygens (including phenoxy) is 1. The van der Waals surface area contributed by atoms with Crippen LogP contribution < -0.4 is 0 Å². The fraction of sp³-hybridized carbons (Fsp3) is 0.308. The molecule has 2 fully saturated rings. The Bertz CT molecular complexity index is 636. The number of benzene rings is 1. The summed E-state index contributed by atoms with van der Waals surface area (Å²) in [6, 6.07) is 8.29. The molecule has 1 atom stereocenters. The first-order valence-electron chi connectivity index (χ1n) is 5.99. The van der Waals surface area contributed by atoms with Crippen LogP contribution in [0.4, 0.5) is 0 Å². The molecular weight excluding hydrogens is 266 g/mol. The van der Waals surface area contributed by atoms with Crippen LogP contribution in [0.1, 0.15) is 6.42 Å². The van der Waals surface area contributed by atoms with Gasteiger partial charge in [-0.2, -0.15) is 0 Å². The molecule has 0 unspecified atom stereocenters. The molecule has 1 amide bonds. The normalized spacial score (nSPS) is 24.0. The summed E-state index contributed by atoms with van der Waals surface area (Å²) in [5.41, 5.74) is 0. The first-order chi connectivity index (χ1) is 9.06. The van der Waals surface area contributed by atoms with Gasteiger partial charge in [-0.05, 0) is 18.2 Å². The van der Waals surface area contributed by atoms with E-state index in [0.717, 1.165) is 0 Å². The van der Waals surface area contributed by atoms with Crippen LogP contribution >= 0.6 is 0 Å². The maximum absolute atomic E-state index is 12.1. The van der Waals surface area contributed by atoms with Gasteiger partial charge in [-0.1, -0.05) is 18.2 Å². The maximum atomic E-state index is 12.1. The van der Waals surface area contributed by atoms with Crippen molar-refractivity contribution in [2.45, 2.75) is 17.5 Å². The Hall–Kier alpha value is -1.82. The predicted molar refractivity (Wildman–Crippen MR) is 67.8 cm³/mol. The summed E-state index contributed by atoms with van der Waals surface area (Å²) in [5, 5.41) is 0. The highest BCUT2D eigenvalue weighted by molar-refractivity contribution is 7.91. The van der Waals surface area contributed by atoms with Crippen molar-refractivity contribution in [1.82, 2.24) is 4.90 Å². The number of nitrogens with zero attached hydrogens (tertiary/aromatic N) is 1. The fourth-order valence-corrected chi connectivity index (χ4v) is 3.31. The third-order valence-electron chi connectivity index (χ3n) is 3.26. The van der Waals surface area contributed by atoms with E-state index in [2.05, 4.69) is 0 Å². The lowest BCUT2D eigenvalue weighted by molar-refractivity contribution is -0.154. The second-order valence-corrected chi connectivity index (χ2v) is 6.60. The van der Waals surface area contributed by atoms with Crippen molar-refractivity contribution in [3.8, 4) is 0 Å². The molecule has 2 heterocycles. The lowest BCUT2D eigenvalue weighted by atomic mass is 10.2. The molecule has 1 aromatic rings. The molecule has 19 heavy (non-hydrogen) atoms. The van der Waals surface area contributed by atoms with Gasteiger partial charge in [0.05, 0.1) is 23.6 Å². The quantitative estimate of drug-likeness (QED) is 0.772. The second kappa shape index (κ2) is 4.38. The van der Waals surface area contributed by atoms with Crippen molar-refractivity contribution in [2.75, 3.05) is 12.3 Å². The summed E-state index contributed by atoms with van der Waals surface area (Å²) in [7, 11) is -3.34. The van der Waals surface area contributed by atoms with Crippen molar-refractivity contribution in [3.63, 3.8) is 0 Å². The summed E-state index contributed by atoms with van der Waals surface area (Å²) in [4.78, 5) is 13.1. The number of carbonyl (C=O) groups excluding carboxylic acids is 1. The molecular formula is C13H13NO4S. The number of carbonyl (C=O) groups is 1. The molecule has 0 radical (unpaired) electrons. The highest BCUT2D eigenvalue weighted by Crippen LogP contribution is 2.30. The predicted octanol–water partition coefficient (Wildman–Crippen LogP) is 0.933. The summed E-state index contributed by atoms with van der Waals surface area (Å²) in [5.74, 6) is 0.510. The number of hydrogen-bond acceptors (Lipinski definition) is 4. The molecule has 100 valence electrons. The zero-order valence-corrected chi connectivity index (χ0v) is 11.0. The number of rotatable bonds is 3. The summed E-state index contributed by atoms with van der Waals surface area (Å²) in [6.07, 6.45) is 1.76. The van der Waals surface area contributed by atoms with E-state index in [1.807, 2.05) is 0 Å². The van der Waals surface area contributed by atoms with Crippen molar-refractivity contribution >= 4 is 15.7 Å². The topological polar surface area (TPSA) is 63.7 Å². The Labute approximate surface area is 111 Å². The smallest absolute Gasteiger partial charge is 0.231 e. The van der Waals surface area contributed by atoms with Crippen LogP contribution in [0.3, 0.4) is 0 Å². The molecule has 0 aliphatic carbocycles. The molecule has 2 saturated heterocycles. The third-order valence-corrected chi connectivity index (χ3v) is 4.86. The molecule has 0 N–H and O–H groups in total. The van der Waals surface area contributed by atoms with Gasteiger partial charge < -0.3 is 4.74 Å². The lowest BCUT2D eigenvalue weighted by Gasteiger charge is -2.30. The largest absolute Gasteiger partial charge is 0.473 e. The number of sulfone groups is 1. The van der Waals surface area contributed by atoms with Gasteiger partial charge >= 0.3 is 0 Å². The van der Waals surface area contributed by atoms with Gasteiger partial charge in [0.15, 0.2) is 16.1 Å². The monoisotopic (exact) mass is 279 g/mol. The second-order valence-electron chi connectivity index (χ2n) is 4.56. The Morgan fingerprint density at radius 2 is 2.05 bits per heavy atom. The van der Waals surface area contributed by atoms with Crippen LogP contribution in [-0.4, -0.2) is 37.8 Å². The SMILES string of the molecule is O=C1C[C@H]2O/C(=C\CS(=O)(=O)c3ccccc3)CN12. The van der Waals surface area contributed by atoms with Gasteiger partial charge in [0.1, 0.15) is 5.76 Å². The first kappa shape index (κ1) is 12.2.